The minimum absolute atomic E-state index is 0.0908. The van der Waals surface area contributed by atoms with E-state index in [1.165, 1.54) is 18.4 Å². The Hall–Kier alpha value is -2.56. The van der Waals surface area contributed by atoms with Crippen LogP contribution in [-0.4, -0.2) is 45.9 Å². The van der Waals surface area contributed by atoms with Crippen molar-refractivity contribution in [3.8, 4) is 0 Å². The Labute approximate surface area is 184 Å². The number of rotatable bonds is 7. The second-order valence-electron chi connectivity index (χ2n) is 7.58. The van der Waals surface area contributed by atoms with Crippen molar-refractivity contribution in [3.05, 3.63) is 51.6 Å². The SMILES string of the molecule is CCCn1c(Cn2cnc3sc(CC)cc3c2=O)nc2cc(S(=O)(=O)N(C)C)ccc21. The van der Waals surface area contributed by atoms with Crippen molar-refractivity contribution in [2.75, 3.05) is 14.1 Å². The van der Waals surface area contributed by atoms with Gasteiger partial charge in [0.15, 0.2) is 0 Å². The average Bonchev–Trinajstić information content (AvgIpc) is 3.31. The van der Waals surface area contributed by atoms with Gasteiger partial charge in [-0.05, 0) is 37.1 Å². The summed E-state index contributed by atoms with van der Waals surface area (Å²) in [5.41, 5.74) is 1.35. The number of hydrogen-bond donors (Lipinski definition) is 0. The number of sulfonamides is 1. The monoisotopic (exact) mass is 459 g/mol. The first kappa shape index (κ1) is 21.7. The first-order valence-electron chi connectivity index (χ1n) is 10.2. The fourth-order valence-corrected chi connectivity index (χ4v) is 5.42. The molecule has 0 N–H and O–H groups in total. The zero-order valence-electron chi connectivity index (χ0n) is 18.0. The fraction of sp³-hybridized carbons (Fsp3) is 0.381. The van der Waals surface area contributed by atoms with Crippen molar-refractivity contribution in [1.82, 2.24) is 23.4 Å². The molecule has 0 unspecified atom stereocenters. The van der Waals surface area contributed by atoms with Crippen LogP contribution in [0, 0.1) is 0 Å². The molecular weight excluding hydrogens is 434 g/mol. The van der Waals surface area contributed by atoms with Crippen LogP contribution in [0.15, 0.2) is 40.3 Å². The third-order valence-corrected chi connectivity index (χ3v) is 8.25. The molecule has 3 heterocycles. The first-order valence-corrected chi connectivity index (χ1v) is 12.4. The van der Waals surface area contributed by atoms with Gasteiger partial charge >= 0.3 is 0 Å². The quantitative estimate of drug-likeness (QED) is 0.424. The molecule has 0 aliphatic heterocycles. The molecule has 0 bridgehead atoms. The summed E-state index contributed by atoms with van der Waals surface area (Å²) >= 11 is 1.54. The number of fused-ring (bicyclic) bond motifs is 2. The normalized spacial score (nSPS) is 12.4. The first-order chi connectivity index (χ1) is 14.8. The lowest BCUT2D eigenvalue weighted by atomic mass is 10.3. The Balaban J connectivity index is 1.81. The van der Waals surface area contributed by atoms with Crippen molar-refractivity contribution in [3.63, 3.8) is 0 Å². The Morgan fingerprint density at radius 2 is 1.94 bits per heavy atom. The van der Waals surface area contributed by atoms with Gasteiger partial charge in [-0.15, -0.1) is 11.3 Å². The highest BCUT2D eigenvalue weighted by Crippen LogP contribution is 2.24. The highest BCUT2D eigenvalue weighted by Gasteiger charge is 2.20. The van der Waals surface area contributed by atoms with Crippen LogP contribution in [-0.2, 0) is 29.5 Å². The highest BCUT2D eigenvalue weighted by molar-refractivity contribution is 7.89. The summed E-state index contributed by atoms with van der Waals surface area (Å²) in [4.78, 5) is 24.3. The second kappa shape index (κ2) is 8.18. The van der Waals surface area contributed by atoms with Crippen LogP contribution < -0.4 is 5.56 Å². The number of benzene rings is 1. The van der Waals surface area contributed by atoms with Gasteiger partial charge in [-0.1, -0.05) is 13.8 Å². The van der Waals surface area contributed by atoms with E-state index in [1.54, 1.807) is 40.4 Å². The molecule has 10 heteroatoms. The molecule has 0 saturated carbocycles. The van der Waals surface area contributed by atoms with E-state index in [0.29, 0.717) is 23.3 Å². The summed E-state index contributed by atoms with van der Waals surface area (Å²) in [6, 6.07) is 6.90. The largest absolute Gasteiger partial charge is 0.326 e. The maximum absolute atomic E-state index is 13.0. The Morgan fingerprint density at radius 3 is 2.61 bits per heavy atom. The van der Waals surface area contributed by atoms with Crippen molar-refractivity contribution >= 4 is 42.6 Å². The molecule has 0 atom stereocenters. The summed E-state index contributed by atoms with van der Waals surface area (Å²) in [5, 5.41) is 0.627. The maximum Gasteiger partial charge on any atom is 0.262 e. The minimum atomic E-state index is -3.55. The topological polar surface area (TPSA) is 90.1 Å². The molecule has 4 rings (SSSR count). The summed E-state index contributed by atoms with van der Waals surface area (Å²) in [6.45, 7) is 5.11. The molecule has 164 valence electrons. The molecule has 0 radical (unpaired) electrons. The molecule has 1 aromatic carbocycles. The van der Waals surface area contributed by atoms with E-state index in [0.717, 1.165) is 28.1 Å². The van der Waals surface area contributed by atoms with Crippen molar-refractivity contribution in [1.29, 1.82) is 0 Å². The van der Waals surface area contributed by atoms with E-state index in [1.807, 2.05) is 10.6 Å². The number of aromatic nitrogens is 4. The van der Waals surface area contributed by atoms with Gasteiger partial charge in [0, 0.05) is 25.5 Å². The van der Waals surface area contributed by atoms with E-state index < -0.39 is 10.0 Å². The molecule has 0 fully saturated rings. The summed E-state index contributed by atoms with van der Waals surface area (Å²) in [5.74, 6) is 0.699. The van der Waals surface area contributed by atoms with Crippen LogP contribution in [0.4, 0.5) is 0 Å². The predicted molar refractivity (Wildman–Crippen MR) is 123 cm³/mol. The van der Waals surface area contributed by atoms with Gasteiger partial charge in [-0.3, -0.25) is 9.36 Å². The van der Waals surface area contributed by atoms with Gasteiger partial charge in [0.05, 0.1) is 34.2 Å². The lowest BCUT2D eigenvalue weighted by molar-refractivity contribution is 0.521. The number of imidazole rings is 1. The standard InChI is InChI=1S/C21H25N5O3S2/c1-5-9-26-18-8-7-15(31(28,29)24(3)4)11-17(18)23-19(26)12-25-13-22-20-16(21(25)27)10-14(6-2)30-20/h7-8,10-11,13H,5-6,9,12H2,1-4H3. The molecule has 0 saturated heterocycles. The van der Waals surface area contributed by atoms with Crippen LogP contribution >= 0.6 is 11.3 Å². The third-order valence-electron chi connectivity index (χ3n) is 5.25. The lowest BCUT2D eigenvalue weighted by Gasteiger charge is -2.11. The fourth-order valence-electron chi connectivity index (χ4n) is 3.57. The van der Waals surface area contributed by atoms with Crippen LogP contribution in [0.5, 0.6) is 0 Å². The van der Waals surface area contributed by atoms with Crippen molar-refractivity contribution in [2.45, 2.75) is 44.7 Å². The smallest absolute Gasteiger partial charge is 0.262 e. The zero-order chi connectivity index (χ0) is 22.3. The molecule has 0 amide bonds. The minimum Gasteiger partial charge on any atom is -0.326 e. The molecule has 0 spiro atoms. The van der Waals surface area contributed by atoms with E-state index in [-0.39, 0.29) is 17.0 Å². The molecule has 3 aromatic heterocycles. The molecule has 0 aliphatic carbocycles. The number of aryl methyl sites for hydroxylation is 2. The Bertz CT molecular complexity index is 1430. The van der Waals surface area contributed by atoms with E-state index in [2.05, 4.69) is 18.8 Å². The summed E-state index contributed by atoms with van der Waals surface area (Å²) < 4.78 is 29.8. The van der Waals surface area contributed by atoms with Crippen LogP contribution in [0.25, 0.3) is 21.3 Å². The van der Waals surface area contributed by atoms with Gasteiger partial charge in [0.2, 0.25) is 10.0 Å². The average molecular weight is 460 g/mol. The van der Waals surface area contributed by atoms with Crippen LogP contribution in [0.3, 0.4) is 0 Å². The molecule has 4 aromatic rings. The molecule has 8 nitrogen and oxygen atoms in total. The van der Waals surface area contributed by atoms with Gasteiger partial charge in [-0.25, -0.2) is 22.7 Å². The van der Waals surface area contributed by atoms with Crippen LogP contribution in [0.1, 0.15) is 31.0 Å². The van der Waals surface area contributed by atoms with E-state index in [9.17, 15) is 13.2 Å². The maximum atomic E-state index is 13.0. The van der Waals surface area contributed by atoms with Crippen LogP contribution in [0.2, 0.25) is 0 Å². The van der Waals surface area contributed by atoms with Crippen molar-refractivity contribution < 1.29 is 8.42 Å². The third kappa shape index (κ3) is 3.79. The van der Waals surface area contributed by atoms with Gasteiger partial charge in [0.1, 0.15) is 10.7 Å². The Morgan fingerprint density at radius 1 is 1.16 bits per heavy atom. The van der Waals surface area contributed by atoms with Gasteiger partial charge in [0.25, 0.3) is 5.56 Å². The molecular formula is C21H25N5O3S2. The van der Waals surface area contributed by atoms with Gasteiger partial charge < -0.3 is 4.57 Å². The molecule has 31 heavy (non-hydrogen) atoms. The predicted octanol–water partition coefficient (Wildman–Crippen LogP) is 3.08. The number of hydrogen-bond acceptors (Lipinski definition) is 6. The molecule has 0 aliphatic rings. The summed E-state index contributed by atoms with van der Waals surface area (Å²) in [7, 11) is -0.545. The zero-order valence-corrected chi connectivity index (χ0v) is 19.6. The summed E-state index contributed by atoms with van der Waals surface area (Å²) in [6.07, 6.45) is 3.32. The number of thiophene rings is 1. The lowest BCUT2D eigenvalue weighted by Crippen LogP contribution is -2.22. The van der Waals surface area contributed by atoms with E-state index >= 15 is 0 Å². The van der Waals surface area contributed by atoms with Crippen molar-refractivity contribution in [2.24, 2.45) is 0 Å². The second-order valence-corrected chi connectivity index (χ2v) is 10.8. The van der Waals surface area contributed by atoms with Gasteiger partial charge in [-0.2, -0.15) is 0 Å². The van der Waals surface area contributed by atoms with E-state index in [4.69, 9.17) is 4.98 Å². The Kier molecular flexibility index (Phi) is 5.71. The number of nitrogens with zero attached hydrogens (tertiary/aromatic N) is 5. The highest BCUT2D eigenvalue weighted by atomic mass is 32.2.